The van der Waals surface area contributed by atoms with Crippen LogP contribution in [0.15, 0.2) is 42.3 Å². The van der Waals surface area contributed by atoms with E-state index in [1.54, 1.807) is 4.57 Å². The molecule has 0 saturated heterocycles. The molecule has 2 N–H and O–H groups in total. The second-order valence-electron chi connectivity index (χ2n) is 7.96. The average molecular weight is 412 g/mol. The maximum absolute atomic E-state index is 12.7. The number of aromatic nitrogens is 1. The molecule has 1 aliphatic heterocycles. The van der Waals surface area contributed by atoms with Crippen LogP contribution in [-0.2, 0) is 14.3 Å². The van der Waals surface area contributed by atoms with Gasteiger partial charge in [-0.1, -0.05) is 18.2 Å². The summed E-state index contributed by atoms with van der Waals surface area (Å²) >= 11 is 0. The minimum Gasteiger partial charge on any atom is -0.459 e. The van der Waals surface area contributed by atoms with Gasteiger partial charge < -0.3 is 19.9 Å². The number of carbonyl (C=O) groups is 2. The molecule has 1 aromatic carbocycles. The van der Waals surface area contributed by atoms with E-state index in [1.165, 1.54) is 6.92 Å². The standard InChI is InChI=1S/C23H28N2O5/c1-15(27)25-14-19(18-6-2-3-7-20(18)25)16-12-21(23(28)24-17-8-9-17)30-22(13-16)29-11-5-4-10-26/h2-3,6-7,12,14,16-17,22,26H,4-5,8-11,13H2,1H3,(H,24,28)/t16-,22+/m0/s1. The van der Waals surface area contributed by atoms with Gasteiger partial charge in [0.25, 0.3) is 5.91 Å². The van der Waals surface area contributed by atoms with Crippen LogP contribution >= 0.6 is 0 Å². The highest BCUT2D eigenvalue weighted by Gasteiger charge is 2.32. The van der Waals surface area contributed by atoms with Crippen molar-refractivity contribution in [3.63, 3.8) is 0 Å². The number of unbranched alkanes of at least 4 members (excludes halogenated alkanes) is 1. The zero-order valence-electron chi connectivity index (χ0n) is 17.2. The number of aliphatic hydroxyl groups excluding tert-OH is 1. The van der Waals surface area contributed by atoms with Gasteiger partial charge in [-0.05, 0) is 43.4 Å². The van der Waals surface area contributed by atoms with Crippen LogP contribution in [0.25, 0.3) is 10.9 Å². The minimum absolute atomic E-state index is 0.0583. The van der Waals surface area contributed by atoms with Gasteiger partial charge >= 0.3 is 0 Å². The summed E-state index contributed by atoms with van der Waals surface area (Å²) in [5.41, 5.74) is 1.83. The van der Waals surface area contributed by atoms with Crippen molar-refractivity contribution in [3.8, 4) is 0 Å². The number of carbonyl (C=O) groups excluding carboxylic acids is 2. The van der Waals surface area contributed by atoms with Crippen molar-refractivity contribution in [2.45, 2.75) is 57.3 Å². The number of aliphatic hydroxyl groups is 1. The molecule has 160 valence electrons. The molecular weight excluding hydrogens is 384 g/mol. The predicted octanol–water partition coefficient (Wildman–Crippen LogP) is 3.08. The monoisotopic (exact) mass is 412 g/mol. The van der Waals surface area contributed by atoms with Crippen molar-refractivity contribution in [1.82, 2.24) is 9.88 Å². The van der Waals surface area contributed by atoms with Crippen LogP contribution in [0.4, 0.5) is 0 Å². The Morgan fingerprint density at radius 1 is 1.27 bits per heavy atom. The number of rotatable bonds is 8. The van der Waals surface area contributed by atoms with Gasteiger partial charge in [0.2, 0.25) is 12.2 Å². The fourth-order valence-corrected chi connectivity index (χ4v) is 3.81. The van der Waals surface area contributed by atoms with E-state index in [1.807, 2.05) is 36.5 Å². The number of hydrogen-bond donors (Lipinski definition) is 2. The van der Waals surface area contributed by atoms with E-state index in [0.29, 0.717) is 19.4 Å². The largest absolute Gasteiger partial charge is 0.459 e. The first kappa shape index (κ1) is 20.6. The third-order valence-electron chi connectivity index (χ3n) is 5.53. The van der Waals surface area contributed by atoms with E-state index in [-0.39, 0.29) is 36.1 Å². The van der Waals surface area contributed by atoms with Crippen molar-refractivity contribution >= 4 is 22.7 Å². The predicted molar refractivity (Wildman–Crippen MR) is 112 cm³/mol. The van der Waals surface area contributed by atoms with Crippen LogP contribution in [0.5, 0.6) is 0 Å². The number of allylic oxidation sites excluding steroid dienone is 1. The molecule has 1 fully saturated rings. The van der Waals surface area contributed by atoms with Gasteiger partial charge in [0.1, 0.15) is 0 Å². The molecule has 0 bridgehead atoms. The molecule has 1 aromatic heterocycles. The lowest BCUT2D eigenvalue weighted by Crippen LogP contribution is -2.34. The molecule has 1 amide bonds. The van der Waals surface area contributed by atoms with Crippen LogP contribution in [0.2, 0.25) is 0 Å². The average Bonchev–Trinajstić information content (AvgIpc) is 3.47. The smallest absolute Gasteiger partial charge is 0.286 e. The van der Waals surface area contributed by atoms with E-state index in [4.69, 9.17) is 14.6 Å². The Balaban J connectivity index is 1.63. The molecule has 1 aliphatic carbocycles. The molecule has 1 saturated carbocycles. The molecule has 2 aromatic rings. The Labute approximate surface area is 175 Å². The van der Waals surface area contributed by atoms with Gasteiger partial charge in [0.15, 0.2) is 5.76 Å². The maximum Gasteiger partial charge on any atom is 0.286 e. The number of ether oxygens (including phenoxy) is 2. The second kappa shape index (κ2) is 9.02. The van der Waals surface area contributed by atoms with Gasteiger partial charge in [0.05, 0.1) is 12.1 Å². The summed E-state index contributed by atoms with van der Waals surface area (Å²) < 4.78 is 13.4. The Morgan fingerprint density at radius 3 is 2.80 bits per heavy atom. The summed E-state index contributed by atoms with van der Waals surface area (Å²) in [5.74, 6) is -0.129. The summed E-state index contributed by atoms with van der Waals surface area (Å²) in [6.45, 7) is 2.11. The lowest BCUT2D eigenvalue weighted by molar-refractivity contribution is -0.146. The van der Waals surface area contributed by atoms with Crippen LogP contribution in [0.1, 0.15) is 55.3 Å². The van der Waals surface area contributed by atoms with Gasteiger partial charge in [-0.15, -0.1) is 0 Å². The van der Waals surface area contributed by atoms with Crippen LogP contribution in [0.3, 0.4) is 0 Å². The normalized spacial score (nSPS) is 21.2. The SMILES string of the molecule is CC(=O)n1cc([C@H]2C=C(C(=O)NC3CC3)O[C@@H](OCCCCO)C2)c2ccccc21. The fourth-order valence-electron chi connectivity index (χ4n) is 3.81. The maximum atomic E-state index is 12.7. The highest BCUT2D eigenvalue weighted by molar-refractivity contribution is 5.95. The summed E-state index contributed by atoms with van der Waals surface area (Å²) in [7, 11) is 0. The van der Waals surface area contributed by atoms with Crippen molar-refractivity contribution < 1.29 is 24.2 Å². The molecular formula is C23H28N2O5. The lowest BCUT2D eigenvalue weighted by Gasteiger charge is -2.29. The van der Waals surface area contributed by atoms with Gasteiger partial charge in [0, 0.05) is 43.5 Å². The van der Waals surface area contributed by atoms with Crippen LogP contribution < -0.4 is 5.32 Å². The number of hydrogen-bond acceptors (Lipinski definition) is 5. The van der Waals surface area contributed by atoms with Crippen molar-refractivity contribution in [2.75, 3.05) is 13.2 Å². The Bertz CT molecular complexity index is 960. The Morgan fingerprint density at radius 2 is 2.07 bits per heavy atom. The van der Waals surface area contributed by atoms with Gasteiger partial charge in [-0.2, -0.15) is 0 Å². The van der Waals surface area contributed by atoms with Gasteiger partial charge in [-0.3, -0.25) is 14.2 Å². The number of para-hydroxylation sites is 1. The number of amides is 1. The highest BCUT2D eigenvalue weighted by Crippen LogP contribution is 2.36. The van der Waals surface area contributed by atoms with Crippen LogP contribution in [-0.4, -0.2) is 47.0 Å². The quantitative estimate of drug-likeness (QED) is 0.651. The number of nitrogens with zero attached hydrogens (tertiary/aromatic N) is 1. The number of nitrogens with one attached hydrogen (secondary N) is 1. The van der Waals surface area contributed by atoms with E-state index in [0.717, 1.165) is 35.7 Å². The summed E-state index contributed by atoms with van der Waals surface area (Å²) in [4.78, 5) is 24.8. The molecule has 0 spiro atoms. The third kappa shape index (κ3) is 4.57. The highest BCUT2D eigenvalue weighted by atomic mass is 16.7. The zero-order chi connectivity index (χ0) is 21.1. The zero-order valence-corrected chi connectivity index (χ0v) is 17.2. The van der Waals surface area contributed by atoms with Crippen molar-refractivity contribution in [1.29, 1.82) is 0 Å². The second-order valence-corrected chi connectivity index (χ2v) is 7.96. The first-order valence-corrected chi connectivity index (χ1v) is 10.6. The fraction of sp³-hybridized carbons (Fsp3) is 0.478. The molecule has 2 atom stereocenters. The summed E-state index contributed by atoms with van der Waals surface area (Å²) in [6, 6.07) is 8.00. The minimum atomic E-state index is -0.557. The van der Waals surface area contributed by atoms with E-state index < -0.39 is 6.29 Å². The molecule has 0 radical (unpaired) electrons. The van der Waals surface area contributed by atoms with Crippen molar-refractivity contribution in [2.24, 2.45) is 0 Å². The van der Waals surface area contributed by atoms with Gasteiger partial charge in [-0.25, -0.2) is 0 Å². The van der Waals surface area contributed by atoms with E-state index in [2.05, 4.69) is 5.32 Å². The molecule has 30 heavy (non-hydrogen) atoms. The summed E-state index contributed by atoms with van der Waals surface area (Å²) in [5, 5.41) is 12.9. The molecule has 2 aliphatic rings. The third-order valence-corrected chi connectivity index (χ3v) is 5.53. The number of fused-ring (bicyclic) bond motifs is 1. The number of benzene rings is 1. The first-order valence-electron chi connectivity index (χ1n) is 10.6. The molecule has 0 unspecified atom stereocenters. The first-order chi connectivity index (χ1) is 14.6. The molecule has 2 heterocycles. The van der Waals surface area contributed by atoms with Crippen molar-refractivity contribution in [3.05, 3.63) is 47.9 Å². The summed E-state index contributed by atoms with van der Waals surface area (Å²) in [6.07, 6.45) is 7.07. The van der Waals surface area contributed by atoms with E-state index in [9.17, 15) is 9.59 Å². The topological polar surface area (TPSA) is 89.8 Å². The Kier molecular flexibility index (Phi) is 6.20. The lowest BCUT2D eigenvalue weighted by atomic mass is 9.92. The van der Waals surface area contributed by atoms with E-state index >= 15 is 0 Å². The molecule has 4 rings (SSSR count). The molecule has 7 heteroatoms. The molecule has 7 nitrogen and oxygen atoms in total. The van der Waals surface area contributed by atoms with Crippen LogP contribution in [0, 0.1) is 0 Å². The Hall–Kier alpha value is -2.64.